The number of nitrogens with one attached hydrogen (secondary N) is 1. The second-order valence-corrected chi connectivity index (χ2v) is 5.43. The smallest absolute Gasteiger partial charge is 0.173 e. The number of furan rings is 1. The fraction of sp³-hybridized carbons (Fsp3) is 0.286. The standard InChI is InChI=1S/C14H15BrN2O/c15-14-10(6-7-18-14)13(17-16)12-8-11(12)9-4-2-1-3-5-9/h1-7,11-13,17H,8,16H2. The van der Waals surface area contributed by atoms with E-state index in [0.29, 0.717) is 11.8 Å². The SMILES string of the molecule is NNC(c1ccoc1Br)C1CC1c1ccccc1. The third-order valence-electron chi connectivity index (χ3n) is 3.66. The normalized spacial score (nSPS) is 23.9. The van der Waals surface area contributed by atoms with Crippen LogP contribution >= 0.6 is 15.9 Å². The molecule has 2 aromatic rings. The van der Waals surface area contributed by atoms with E-state index in [1.165, 1.54) is 5.56 Å². The zero-order chi connectivity index (χ0) is 12.5. The molecule has 1 aliphatic carbocycles. The van der Waals surface area contributed by atoms with E-state index in [1.807, 2.05) is 12.1 Å². The highest BCUT2D eigenvalue weighted by atomic mass is 79.9. The molecule has 3 nitrogen and oxygen atoms in total. The molecule has 1 aromatic carbocycles. The highest BCUT2D eigenvalue weighted by Gasteiger charge is 2.44. The van der Waals surface area contributed by atoms with Crippen LogP contribution in [0.3, 0.4) is 0 Å². The van der Waals surface area contributed by atoms with Crippen LogP contribution in [0.5, 0.6) is 0 Å². The first kappa shape index (κ1) is 12.0. The summed E-state index contributed by atoms with van der Waals surface area (Å²) in [4.78, 5) is 0. The molecule has 0 saturated heterocycles. The van der Waals surface area contributed by atoms with E-state index in [2.05, 4.69) is 45.6 Å². The summed E-state index contributed by atoms with van der Waals surface area (Å²) in [7, 11) is 0. The molecular weight excluding hydrogens is 292 g/mol. The number of benzene rings is 1. The third kappa shape index (κ3) is 2.11. The van der Waals surface area contributed by atoms with Gasteiger partial charge in [0.25, 0.3) is 0 Å². The van der Waals surface area contributed by atoms with E-state index in [9.17, 15) is 0 Å². The monoisotopic (exact) mass is 306 g/mol. The molecular formula is C14H15BrN2O. The van der Waals surface area contributed by atoms with Crippen molar-refractivity contribution in [3.05, 3.63) is 58.5 Å². The van der Waals surface area contributed by atoms with E-state index in [-0.39, 0.29) is 6.04 Å². The lowest BCUT2D eigenvalue weighted by Crippen LogP contribution is -2.29. The van der Waals surface area contributed by atoms with E-state index < -0.39 is 0 Å². The Bertz CT molecular complexity index is 526. The molecule has 1 aromatic heterocycles. The summed E-state index contributed by atoms with van der Waals surface area (Å²) in [5.41, 5.74) is 5.41. The summed E-state index contributed by atoms with van der Waals surface area (Å²) < 4.78 is 6.06. The minimum absolute atomic E-state index is 0.142. The Morgan fingerprint density at radius 2 is 2.06 bits per heavy atom. The van der Waals surface area contributed by atoms with Crippen molar-refractivity contribution in [2.45, 2.75) is 18.4 Å². The molecule has 3 atom stereocenters. The van der Waals surface area contributed by atoms with Gasteiger partial charge >= 0.3 is 0 Å². The lowest BCUT2D eigenvalue weighted by Gasteiger charge is -2.14. The van der Waals surface area contributed by atoms with Gasteiger partial charge in [-0.15, -0.1) is 0 Å². The molecule has 1 heterocycles. The average molecular weight is 307 g/mol. The predicted molar refractivity (Wildman–Crippen MR) is 73.8 cm³/mol. The van der Waals surface area contributed by atoms with Crippen LogP contribution < -0.4 is 11.3 Å². The quantitative estimate of drug-likeness (QED) is 0.673. The fourth-order valence-corrected chi connectivity index (χ4v) is 3.12. The largest absolute Gasteiger partial charge is 0.457 e. The Hall–Kier alpha value is -1.10. The lowest BCUT2D eigenvalue weighted by atomic mass is 10.0. The highest BCUT2D eigenvalue weighted by Crippen LogP contribution is 2.54. The number of nitrogens with two attached hydrogens (primary N) is 1. The van der Waals surface area contributed by atoms with E-state index in [0.717, 1.165) is 16.7 Å². The van der Waals surface area contributed by atoms with Crippen LogP contribution in [-0.4, -0.2) is 0 Å². The zero-order valence-corrected chi connectivity index (χ0v) is 11.4. The molecule has 3 N–H and O–H groups in total. The van der Waals surface area contributed by atoms with Crippen LogP contribution in [0.1, 0.15) is 29.5 Å². The Morgan fingerprint density at radius 1 is 1.28 bits per heavy atom. The maximum atomic E-state index is 5.70. The van der Waals surface area contributed by atoms with E-state index in [4.69, 9.17) is 10.3 Å². The second-order valence-electron chi connectivity index (χ2n) is 4.71. The van der Waals surface area contributed by atoms with Crippen LogP contribution in [0.25, 0.3) is 0 Å². The maximum absolute atomic E-state index is 5.70. The van der Waals surface area contributed by atoms with Crippen molar-refractivity contribution in [2.75, 3.05) is 0 Å². The van der Waals surface area contributed by atoms with Crippen LogP contribution in [0.4, 0.5) is 0 Å². The predicted octanol–water partition coefficient (Wildman–Crippen LogP) is 3.35. The van der Waals surface area contributed by atoms with Gasteiger partial charge in [-0.05, 0) is 45.8 Å². The van der Waals surface area contributed by atoms with Crippen molar-refractivity contribution >= 4 is 15.9 Å². The molecule has 0 aliphatic heterocycles. The van der Waals surface area contributed by atoms with Gasteiger partial charge in [0.2, 0.25) is 0 Å². The Balaban J connectivity index is 1.79. The van der Waals surface area contributed by atoms with Gasteiger partial charge in [0.1, 0.15) is 0 Å². The first-order valence-electron chi connectivity index (χ1n) is 6.05. The van der Waals surface area contributed by atoms with Crippen molar-refractivity contribution < 1.29 is 4.42 Å². The minimum Gasteiger partial charge on any atom is -0.457 e. The maximum Gasteiger partial charge on any atom is 0.173 e. The first-order chi connectivity index (χ1) is 8.81. The Kier molecular flexibility index (Phi) is 3.24. The Labute approximate surface area is 114 Å². The third-order valence-corrected chi connectivity index (χ3v) is 4.30. The number of hydrazine groups is 1. The molecule has 1 fully saturated rings. The van der Waals surface area contributed by atoms with Gasteiger partial charge in [-0.3, -0.25) is 11.3 Å². The zero-order valence-electron chi connectivity index (χ0n) is 9.84. The minimum atomic E-state index is 0.142. The molecule has 1 aliphatic rings. The number of hydrogen-bond acceptors (Lipinski definition) is 3. The highest BCUT2D eigenvalue weighted by molar-refractivity contribution is 9.10. The summed E-state index contributed by atoms with van der Waals surface area (Å²) in [5.74, 6) is 6.83. The van der Waals surface area contributed by atoms with Gasteiger partial charge in [0.15, 0.2) is 4.67 Å². The number of halogens is 1. The van der Waals surface area contributed by atoms with Crippen molar-refractivity contribution in [3.63, 3.8) is 0 Å². The average Bonchev–Trinajstić information content (AvgIpc) is 3.08. The molecule has 0 spiro atoms. The summed E-state index contributed by atoms with van der Waals surface area (Å²) in [5, 5.41) is 0. The molecule has 94 valence electrons. The van der Waals surface area contributed by atoms with Gasteiger partial charge in [-0.2, -0.15) is 0 Å². The van der Waals surface area contributed by atoms with Crippen LogP contribution in [0, 0.1) is 5.92 Å². The van der Waals surface area contributed by atoms with Crippen LogP contribution in [0.15, 0.2) is 51.7 Å². The lowest BCUT2D eigenvalue weighted by molar-refractivity contribution is 0.468. The molecule has 4 heteroatoms. The van der Waals surface area contributed by atoms with Gasteiger partial charge in [0, 0.05) is 5.56 Å². The molecule has 3 unspecified atom stereocenters. The molecule has 0 radical (unpaired) electrons. The van der Waals surface area contributed by atoms with Crippen LogP contribution in [0.2, 0.25) is 0 Å². The molecule has 0 bridgehead atoms. The molecule has 0 amide bonds. The van der Waals surface area contributed by atoms with Gasteiger partial charge < -0.3 is 4.42 Å². The first-order valence-corrected chi connectivity index (χ1v) is 6.84. The van der Waals surface area contributed by atoms with Crippen molar-refractivity contribution in [3.8, 4) is 0 Å². The van der Waals surface area contributed by atoms with Gasteiger partial charge in [-0.1, -0.05) is 30.3 Å². The summed E-state index contributed by atoms with van der Waals surface area (Å²) in [6.07, 6.45) is 2.85. The molecule has 3 rings (SSSR count). The molecule has 18 heavy (non-hydrogen) atoms. The topological polar surface area (TPSA) is 51.2 Å². The fourth-order valence-electron chi connectivity index (χ4n) is 2.64. The van der Waals surface area contributed by atoms with E-state index in [1.54, 1.807) is 6.26 Å². The van der Waals surface area contributed by atoms with Crippen molar-refractivity contribution in [1.29, 1.82) is 0 Å². The second kappa shape index (κ2) is 4.88. The van der Waals surface area contributed by atoms with Crippen molar-refractivity contribution in [2.24, 2.45) is 11.8 Å². The summed E-state index contributed by atoms with van der Waals surface area (Å²) in [6.45, 7) is 0. The van der Waals surface area contributed by atoms with Crippen molar-refractivity contribution in [1.82, 2.24) is 5.43 Å². The van der Waals surface area contributed by atoms with Crippen LogP contribution in [-0.2, 0) is 0 Å². The molecule has 1 saturated carbocycles. The summed E-state index contributed by atoms with van der Waals surface area (Å²) >= 11 is 3.42. The number of rotatable bonds is 4. The van der Waals surface area contributed by atoms with Gasteiger partial charge in [0.05, 0.1) is 12.3 Å². The number of hydrogen-bond donors (Lipinski definition) is 2. The van der Waals surface area contributed by atoms with Gasteiger partial charge in [-0.25, -0.2) is 0 Å². The Morgan fingerprint density at radius 3 is 2.67 bits per heavy atom. The summed E-state index contributed by atoms with van der Waals surface area (Å²) in [6, 6.07) is 12.7. The van der Waals surface area contributed by atoms with E-state index >= 15 is 0 Å².